The molecular weight excluding hydrogens is 216 g/mol. The van der Waals surface area contributed by atoms with E-state index >= 15 is 0 Å². The minimum Gasteiger partial charge on any atom is -0.494 e. The molecule has 0 saturated carbocycles. The zero-order valence-electron chi connectivity index (χ0n) is 9.85. The van der Waals surface area contributed by atoms with Gasteiger partial charge >= 0.3 is 6.03 Å². The third kappa shape index (κ3) is 3.00. The number of nitrogens with one attached hydrogen (secondary N) is 1. The van der Waals surface area contributed by atoms with Crippen LogP contribution in [0.5, 0.6) is 5.75 Å². The van der Waals surface area contributed by atoms with Crippen LogP contribution in [0.4, 0.5) is 10.5 Å². The Morgan fingerprint density at radius 1 is 1.29 bits per heavy atom. The second kappa shape index (κ2) is 5.39. The zero-order chi connectivity index (χ0) is 12.1. The van der Waals surface area contributed by atoms with E-state index in [1.807, 2.05) is 43.3 Å². The van der Waals surface area contributed by atoms with Gasteiger partial charge in [0.25, 0.3) is 0 Å². The summed E-state index contributed by atoms with van der Waals surface area (Å²) >= 11 is 0. The minimum atomic E-state index is -0.0702. The highest BCUT2D eigenvalue weighted by Crippen LogP contribution is 2.16. The lowest BCUT2D eigenvalue weighted by atomic mass is 10.3. The number of carbonyl (C=O) groups excluding carboxylic acids is 1. The Morgan fingerprint density at radius 3 is 2.53 bits per heavy atom. The molecule has 17 heavy (non-hydrogen) atoms. The number of ether oxygens (including phenoxy) is 1. The largest absolute Gasteiger partial charge is 0.494 e. The van der Waals surface area contributed by atoms with Crippen molar-refractivity contribution in [3.8, 4) is 5.75 Å². The van der Waals surface area contributed by atoms with E-state index in [0.29, 0.717) is 19.7 Å². The molecule has 1 aromatic carbocycles. The number of rotatable bonds is 3. The molecule has 0 spiro atoms. The van der Waals surface area contributed by atoms with Crippen LogP contribution in [0.25, 0.3) is 0 Å². The standard InChI is InChI=1S/C13H16N2O2/c1-2-17-12-7-5-11(6-8-12)14-13(16)15-9-3-4-10-15/h3-8H,2,9-10H2,1H3,(H,14,16). The molecule has 0 aliphatic carbocycles. The van der Waals surface area contributed by atoms with Crippen molar-refractivity contribution in [2.75, 3.05) is 25.0 Å². The topological polar surface area (TPSA) is 41.6 Å². The molecule has 1 heterocycles. The first-order valence-corrected chi connectivity index (χ1v) is 5.73. The lowest BCUT2D eigenvalue weighted by molar-refractivity contribution is 0.224. The fourth-order valence-corrected chi connectivity index (χ4v) is 1.65. The third-order valence-electron chi connectivity index (χ3n) is 2.52. The second-order valence-corrected chi connectivity index (χ2v) is 3.76. The summed E-state index contributed by atoms with van der Waals surface area (Å²) in [6.07, 6.45) is 3.97. The molecule has 0 fully saturated rings. The molecule has 0 atom stereocenters. The number of hydrogen-bond acceptors (Lipinski definition) is 2. The zero-order valence-corrected chi connectivity index (χ0v) is 9.85. The molecule has 1 N–H and O–H groups in total. The maximum Gasteiger partial charge on any atom is 0.322 e. The average molecular weight is 232 g/mol. The summed E-state index contributed by atoms with van der Waals surface area (Å²) in [5, 5.41) is 2.84. The summed E-state index contributed by atoms with van der Waals surface area (Å²) in [7, 11) is 0. The number of carbonyl (C=O) groups is 1. The number of hydrogen-bond donors (Lipinski definition) is 1. The Labute approximate surface area is 101 Å². The van der Waals surface area contributed by atoms with E-state index in [1.54, 1.807) is 4.90 Å². The smallest absolute Gasteiger partial charge is 0.322 e. The van der Waals surface area contributed by atoms with Crippen LogP contribution < -0.4 is 10.1 Å². The second-order valence-electron chi connectivity index (χ2n) is 3.76. The molecule has 2 rings (SSSR count). The van der Waals surface area contributed by atoms with Crippen molar-refractivity contribution < 1.29 is 9.53 Å². The highest BCUT2D eigenvalue weighted by atomic mass is 16.5. The van der Waals surface area contributed by atoms with Gasteiger partial charge in [-0.05, 0) is 31.2 Å². The number of benzene rings is 1. The lowest BCUT2D eigenvalue weighted by Gasteiger charge is -2.16. The van der Waals surface area contributed by atoms with Crippen LogP contribution in [-0.4, -0.2) is 30.6 Å². The van der Waals surface area contributed by atoms with E-state index in [2.05, 4.69) is 5.32 Å². The van der Waals surface area contributed by atoms with Gasteiger partial charge in [-0.1, -0.05) is 12.2 Å². The van der Waals surface area contributed by atoms with Crippen molar-refractivity contribution in [1.82, 2.24) is 4.90 Å². The van der Waals surface area contributed by atoms with Gasteiger partial charge in [-0.25, -0.2) is 4.79 Å². The molecule has 2 amide bonds. The van der Waals surface area contributed by atoms with E-state index < -0.39 is 0 Å². The van der Waals surface area contributed by atoms with Gasteiger partial charge in [-0.15, -0.1) is 0 Å². The van der Waals surface area contributed by atoms with E-state index in [4.69, 9.17) is 4.74 Å². The monoisotopic (exact) mass is 232 g/mol. The van der Waals surface area contributed by atoms with Crippen LogP contribution in [0.15, 0.2) is 36.4 Å². The van der Waals surface area contributed by atoms with Crippen molar-refractivity contribution in [2.24, 2.45) is 0 Å². The summed E-state index contributed by atoms with van der Waals surface area (Å²) < 4.78 is 5.33. The van der Waals surface area contributed by atoms with Crippen LogP contribution >= 0.6 is 0 Å². The first kappa shape index (κ1) is 11.5. The maximum absolute atomic E-state index is 11.8. The third-order valence-corrected chi connectivity index (χ3v) is 2.52. The molecule has 0 saturated heterocycles. The number of amides is 2. The van der Waals surface area contributed by atoms with Crippen molar-refractivity contribution in [1.29, 1.82) is 0 Å². The molecule has 0 radical (unpaired) electrons. The van der Waals surface area contributed by atoms with Gasteiger partial charge in [-0.3, -0.25) is 0 Å². The number of anilines is 1. The summed E-state index contributed by atoms with van der Waals surface area (Å²) in [4.78, 5) is 13.5. The Hall–Kier alpha value is -1.97. The quantitative estimate of drug-likeness (QED) is 0.813. The molecule has 0 aromatic heterocycles. The number of nitrogens with zero attached hydrogens (tertiary/aromatic N) is 1. The Morgan fingerprint density at radius 2 is 1.94 bits per heavy atom. The van der Waals surface area contributed by atoms with Crippen molar-refractivity contribution >= 4 is 11.7 Å². The molecule has 0 bridgehead atoms. The summed E-state index contributed by atoms with van der Waals surface area (Å²) in [6, 6.07) is 7.31. The van der Waals surface area contributed by atoms with Gasteiger partial charge in [0.15, 0.2) is 0 Å². The number of urea groups is 1. The molecule has 1 aromatic rings. The Bertz CT molecular complexity index is 404. The van der Waals surface area contributed by atoms with Gasteiger partial charge in [0.05, 0.1) is 6.61 Å². The molecular formula is C13H16N2O2. The fraction of sp³-hybridized carbons (Fsp3) is 0.308. The predicted octanol–water partition coefficient (Wildman–Crippen LogP) is 2.49. The first-order chi connectivity index (χ1) is 8.29. The molecule has 0 unspecified atom stereocenters. The highest BCUT2D eigenvalue weighted by molar-refractivity contribution is 5.89. The molecule has 1 aliphatic heterocycles. The molecule has 90 valence electrons. The van der Waals surface area contributed by atoms with Crippen molar-refractivity contribution in [3.63, 3.8) is 0 Å². The average Bonchev–Trinajstić information content (AvgIpc) is 2.86. The molecule has 1 aliphatic rings. The minimum absolute atomic E-state index is 0.0702. The van der Waals surface area contributed by atoms with Crippen LogP contribution in [0.2, 0.25) is 0 Å². The van der Waals surface area contributed by atoms with E-state index in [-0.39, 0.29) is 6.03 Å². The van der Waals surface area contributed by atoms with Gasteiger partial charge < -0.3 is 15.0 Å². The van der Waals surface area contributed by atoms with Gasteiger partial charge in [0.2, 0.25) is 0 Å². The summed E-state index contributed by atoms with van der Waals surface area (Å²) in [5.74, 6) is 0.813. The van der Waals surface area contributed by atoms with Crippen LogP contribution in [0.3, 0.4) is 0 Å². The predicted molar refractivity (Wildman–Crippen MR) is 67.3 cm³/mol. The maximum atomic E-state index is 11.8. The van der Waals surface area contributed by atoms with Crippen LogP contribution in [-0.2, 0) is 0 Å². The van der Waals surface area contributed by atoms with E-state index in [9.17, 15) is 4.79 Å². The fourth-order valence-electron chi connectivity index (χ4n) is 1.65. The molecule has 4 nitrogen and oxygen atoms in total. The van der Waals surface area contributed by atoms with Gasteiger partial charge in [-0.2, -0.15) is 0 Å². The lowest BCUT2D eigenvalue weighted by Crippen LogP contribution is -2.32. The molecule has 4 heteroatoms. The van der Waals surface area contributed by atoms with Crippen LogP contribution in [0.1, 0.15) is 6.92 Å². The SMILES string of the molecule is CCOc1ccc(NC(=O)N2CC=CC2)cc1. The first-order valence-electron chi connectivity index (χ1n) is 5.73. The highest BCUT2D eigenvalue weighted by Gasteiger charge is 2.13. The van der Waals surface area contributed by atoms with E-state index in [1.165, 1.54) is 0 Å². The van der Waals surface area contributed by atoms with Gasteiger partial charge in [0, 0.05) is 18.8 Å². The Balaban J connectivity index is 1.91. The normalized spacial score (nSPS) is 13.8. The summed E-state index contributed by atoms with van der Waals surface area (Å²) in [6.45, 7) is 3.95. The summed E-state index contributed by atoms with van der Waals surface area (Å²) in [5.41, 5.74) is 0.783. The van der Waals surface area contributed by atoms with Crippen molar-refractivity contribution in [3.05, 3.63) is 36.4 Å². The Kier molecular flexibility index (Phi) is 3.65. The van der Waals surface area contributed by atoms with Crippen LogP contribution in [0, 0.1) is 0 Å². The van der Waals surface area contributed by atoms with Gasteiger partial charge in [0.1, 0.15) is 5.75 Å². The van der Waals surface area contributed by atoms with Crippen molar-refractivity contribution in [2.45, 2.75) is 6.92 Å². The van der Waals surface area contributed by atoms with E-state index in [0.717, 1.165) is 11.4 Å².